The van der Waals surface area contributed by atoms with Gasteiger partial charge in [0.25, 0.3) is 0 Å². The maximum Gasteiger partial charge on any atom is 0.472 e. The summed E-state index contributed by atoms with van der Waals surface area (Å²) in [6.45, 7) is 9.48. The summed E-state index contributed by atoms with van der Waals surface area (Å²) in [6, 6.07) is 0. The number of phosphoric acid groups is 2. The van der Waals surface area contributed by atoms with Gasteiger partial charge in [-0.2, -0.15) is 0 Å². The number of aliphatic hydroxyl groups excluding tert-OH is 1. The Morgan fingerprint density at radius 1 is 0.304 bits per heavy atom. The first-order valence-corrected chi connectivity index (χ1v) is 41.1. The molecule has 0 aromatic carbocycles. The van der Waals surface area contributed by atoms with E-state index in [4.69, 9.17) is 37.0 Å². The van der Waals surface area contributed by atoms with Crippen LogP contribution in [-0.4, -0.2) is 96.7 Å². The summed E-state index contributed by atoms with van der Waals surface area (Å²) in [7, 11) is -9.90. The minimum atomic E-state index is -4.95. The number of hydrogen-bond acceptors (Lipinski definition) is 15. The minimum absolute atomic E-state index is 0.102. The summed E-state index contributed by atoms with van der Waals surface area (Å²) in [4.78, 5) is 72.6. The zero-order chi connectivity index (χ0) is 67.9. The fourth-order valence-electron chi connectivity index (χ4n) is 11.1. The lowest BCUT2D eigenvalue weighted by Crippen LogP contribution is -2.30. The van der Waals surface area contributed by atoms with Gasteiger partial charge >= 0.3 is 39.5 Å². The van der Waals surface area contributed by atoms with Gasteiger partial charge in [-0.15, -0.1) is 0 Å². The van der Waals surface area contributed by atoms with Crippen molar-refractivity contribution < 1.29 is 80.2 Å². The third-order valence-electron chi connectivity index (χ3n) is 17.7. The molecule has 0 saturated carbocycles. The van der Waals surface area contributed by atoms with Crippen molar-refractivity contribution in [3.8, 4) is 0 Å². The first kappa shape index (κ1) is 90.1. The molecule has 0 aliphatic heterocycles. The number of phosphoric ester groups is 2. The van der Waals surface area contributed by atoms with E-state index in [0.29, 0.717) is 25.7 Å². The van der Waals surface area contributed by atoms with Gasteiger partial charge in [-0.1, -0.05) is 324 Å². The molecule has 0 saturated heterocycles. The summed E-state index contributed by atoms with van der Waals surface area (Å²) >= 11 is 0. The molecule has 0 spiro atoms. The first-order valence-electron chi connectivity index (χ1n) is 38.1. The van der Waals surface area contributed by atoms with Crippen LogP contribution in [-0.2, 0) is 65.4 Å². The SMILES string of the molecule is CCCCCCCCCCCCCCCCCCCCC(=O)O[C@H](COC(=O)CCCCCCCCCCCCCCCC)COP(=O)(O)OC[C@@H](O)COP(=O)(O)OC[C@@H](COC(=O)CCCCCCCCC(C)CC)OC(=O)CCCCCCCCC(C)CC. The average Bonchev–Trinajstić information content (AvgIpc) is 1.85. The highest BCUT2D eigenvalue weighted by molar-refractivity contribution is 7.47. The molecule has 0 amide bonds. The predicted octanol–water partition coefficient (Wildman–Crippen LogP) is 21.2. The van der Waals surface area contributed by atoms with Crippen molar-refractivity contribution in [1.82, 2.24) is 0 Å². The zero-order valence-corrected chi connectivity index (χ0v) is 61.6. The molecule has 19 heteroatoms. The summed E-state index contributed by atoms with van der Waals surface area (Å²) < 4.78 is 68.4. The van der Waals surface area contributed by atoms with E-state index >= 15 is 0 Å². The Bertz CT molecular complexity index is 1790. The summed E-state index contributed by atoms with van der Waals surface area (Å²) in [5.74, 6) is -0.672. The Hall–Kier alpha value is -1.94. The van der Waals surface area contributed by atoms with Gasteiger partial charge in [0.05, 0.1) is 26.4 Å². The molecule has 0 aromatic heterocycles. The summed E-state index contributed by atoms with van der Waals surface area (Å²) in [5, 5.41) is 10.6. The van der Waals surface area contributed by atoms with Crippen LogP contribution in [0.4, 0.5) is 0 Å². The second-order valence-electron chi connectivity index (χ2n) is 26.8. The van der Waals surface area contributed by atoms with Crippen LogP contribution in [0.5, 0.6) is 0 Å². The van der Waals surface area contributed by atoms with Crippen LogP contribution in [0.15, 0.2) is 0 Å². The molecule has 0 aliphatic rings. The molecule has 0 rings (SSSR count). The van der Waals surface area contributed by atoms with Crippen LogP contribution in [0.2, 0.25) is 0 Å². The molecule has 3 N–H and O–H groups in total. The van der Waals surface area contributed by atoms with Gasteiger partial charge in [0.1, 0.15) is 19.3 Å². The number of unbranched alkanes of at least 4 members (excludes halogenated alkanes) is 40. The Morgan fingerprint density at radius 2 is 0.522 bits per heavy atom. The number of rotatable bonds is 72. The molecule has 17 nitrogen and oxygen atoms in total. The second-order valence-corrected chi connectivity index (χ2v) is 29.7. The lowest BCUT2D eigenvalue weighted by Gasteiger charge is -2.21. The Morgan fingerprint density at radius 3 is 0.772 bits per heavy atom. The van der Waals surface area contributed by atoms with Crippen molar-refractivity contribution in [2.75, 3.05) is 39.6 Å². The van der Waals surface area contributed by atoms with Gasteiger partial charge < -0.3 is 33.8 Å². The van der Waals surface area contributed by atoms with Crippen LogP contribution in [0.3, 0.4) is 0 Å². The lowest BCUT2D eigenvalue weighted by atomic mass is 10.00. The van der Waals surface area contributed by atoms with E-state index in [1.807, 2.05) is 0 Å². The Kier molecular flexibility index (Phi) is 63.7. The molecule has 546 valence electrons. The topological polar surface area (TPSA) is 237 Å². The molecule has 0 aliphatic carbocycles. The minimum Gasteiger partial charge on any atom is -0.462 e. The molecule has 0 bridgehead atoms. The summed E-state index contributed by atoms with van der Waals surface area (Å²) in [5.41, 5.74) is 0. The maximum atomic E-state index is 13.1. The van der Waals surface area contributed by atoms with Crippen molar-refractivity contribution in [3.63, 3.8) is 0 Å². The predicted molar refractivity (Wildman–Crippen MR) is 372 cm³/mol. The number of carbonyl (C=O) groups is 4. The smallest absolute Gasteiger partial charge is 0.462 e. The monoisotopic (exact) mass is 1350 g/mol. The van der Waals surface area contributed by atoms with Gasteiger partial charge in [0, 0.05) is 25.7 Å². The second kappa shape index (κ2) is 65.0. The highest BCUT2D eigenvalue weighted by atomic mass is 31.2. The normalized spacial score (nSPS) is 14.7. The molecule has 7 atom stereocenters. The Labute approximate surface area is 562 Å². The standard InChI is InChI=1S/C73H142O17P2/c1-7-11-13-15-17-19-21-23-25-26-27-28-30-32-34-36-45-51-57-72(77)89-68(61-83-70(75)55-49-43-35-33-31-29-24-22-20-18-16-14-12-8-2)63-87-91(79,80)85-59-67(74)60-86-92(81,82)88-64-69(90-73(78)58-52-46-40-38-42-48-54-66(6)10-4)62-84-71(76)56-50-44-39-37-41-47-53-65(5)9-3/h65-69,74H,7-64H2,1-6H3,(H,79,80)(H,81,82)/t65?,66?,67-,68-,69-/m1/s1. The maximum absolute atomic E-state index is 13.1. The van der Waals surface area contributed by atoms with Gasteiger partial charge in [0.15, 0.2) is 12.2 Å². The summed E-state index contributed by atoms with van der Waals surface area (Å²) in [6.07, 6.45) is 51.4. The number of carbonyl (C=O) groups excluding carboxylic acids is 4. The van der Waals surface area contributed by atoms with Crippen molar-refractivity contribution in [3.05, 3.63) is 0 Å². The van der Waals surface area contributed by atoms with Gasteiger partial charge in [-0.25, -0.2) is 9.13 Å². The van der Waals surface area contributed by atoms with Crippen LogP contribution < -0.4 is 0 Å². The lowest BCUT2D eigenvalue weighted by molar-refractivity contribution is -0.161. The fraction of sp³-hybridized carbons (Fsp3) is 0.945. The highest BCUT2D eigenvalue weighted by Crippen LogP contribution is 2.45. The third-order valence-corrected chi connectivity index (χ3v) is 19.6. The van der Waals surface area contributed by atoms with E-state index in [1.54, 1.807) is 0 Å². The third kappa shape index (κ3) is 64.1. The van der Waals surface area contributed by atoms with E-state index in [0.717, 1.165) is 108 Å². The van der Waals surface area contributed by atoms with E-state index in [9.17, 15) is 43.2 Å². The quantitative estimate of drug-likeness (QED) is 0.0222. The van der Waals surface area contributed by atoms with Gasteiger partial charge in [-0.05, 0) is 37.5 Å². The van der Waals surface area contributed by atoms with Crippen molar-refractivity contribution in [2.45, 2.75) is 394 Å². The first-order chi connectivity index (χ1) is 44.4. The molecule has 0 aromatic rings. The number of ether oxygens (including phenoxy) is 4. The van der Waals surface area contributed by atoms with E-state index < -0.39 is 97.5 Å². The van der Waals surface area contributed by atoms with Crippen LogP contribution in [0, 0.1) is 11.8 Å². The molecular formula is C73H142O17P2. The molecular weight excluding hydrogens is 1210 g/mol. The van der Waals surface area contributed by atoms with Crippen molar-refractivity contribution in [1.29, 1.82) is 0 Å². The molecule has 0 radical (unpaired) electrons. The highest BCUT2D eigenvalue weighted by Gasteiger charge is 2.30. The molecule has 0 fully saturated rings. The number of esters is 4. The number of hydrogen-bond donors (Lipinski definition) is 3. The fourth-order valence-corrected chi connectivity index (χ4v) is 12.6. The average molecular weight is 1350 g/mol. The Balaban J connectivity index is 5.23. The molecule has 92 heavy (non-hydrogen) atoms. The van der Waals surface area contributed by atoms with Gasteiger partial charge in [-0.3, -0.25) is 37.3 Å². The van der Waals surface area contributed by atoms with Crippen LogP contribution in [0.25, 0.3) is 0 Å². The van der Waals surface area contributed by atoms with Crippen molar-refractivity contribution >= 4 is 39.5 Å². The molecule has 4 unspecified atom stereocenters. The van der Waals surface area contributed by atoms with E-state index in [-0.39, 0.29) is 25.7 Å². The zero-order valence-electron chi connectivity index (χ0n) is 59.9. The molecule has 0 heterocycles. The number of aliphatic hydroxyl groups is 1. The van der Waals surface area contributed by atoms with Crippen LogP contribution >= 0.6 is 15.6 Å². The van der Waals surface area contributed by atoms with E-state index in [2.05, 4.69) is 41.5 Å². The van der Waals surface area contributed by atoms with Crippen LogP contribution in [0.1, 0.15) is 375 Å². The largest absolute Gasteiger partial charge is 0.472 e. The van der Waals surface area contributed by atoms with E-state index in [1.165, 1.54) is 186 Å². The van der Waals surface area contributed by atoms with Crippen molar-refractivity contribution in [2.24, 2.45) is 11.8 Å². The van der Waals surface area contributed by atoms with Gasteiger partial charge in [0.2, 0.25) is 0 Å².